The molecule has 1 aromatic carbocycles. The molecule has 2 heterocycles. The van der Waals surface area contributed by atoms with E-state index < -0.39 is 0 Å². The van der Waals surface area contributed by atoms with Crippen molar-refractivity contribution in [3.8, 4) is 0 Å². The van der Waals surface area contributed by atoms with Crippen molar-refractivity contribution in [3.05, 3.63) is 59.5 Å². The average Bonchev–Trinajstić information content (AvgIpc) is 3.11. The quantitative estimate of drug-likeness (QED) is 0.787. The van der Waals surface area contributed by atoms with E-state index in [0.717, 1.165) is 25.2 Å². The topological polar surface area (TPSA) is 74.6 Å². The SMILES string of the molecule is O=C(CNC(=O)c1ccoc1)NCc1cccc(CN2CCCCCC2)c1. The van der Waals surface area contributed by atoms with Crippen LogP contribution in [0.3, 0.4) is 0 Å². The fraction of sp³-hybridized carbons (Fsp3) is 0.429. The molecule has 0 aliphatic carbocycles. The molecule has 2 N–H and O–H groups in total. The summed E-state index contributed by atoms with van der Waals surface area (Å²) in [5.41, 5.74) is 2.75. The summed E-state index contributed by atoms with van der Waals surface area (Å²) >= 11 is 0. The lowest BCUT2D eigenvalue weighted by Crippen LogP contribution is -2.36. The number of hydrogen-bond acceptors (Lipinski definition) is 4. The third-order valence-corrected chi connectivity index (χ3v) is 4.78. The molecule has 0 unspecified atom stereocenters. The third kappa shape index (κ3) is 6.25. The predicted octanol–water partition coefficient (Wildman–Crippen LogP) is 2.70. The number of likely N-dealkylation sites (tertiary alicyclic amines) is 1. The Morgan fingerprint density at radius 1 is 1.00 bits per heavy atom. The summed E-state index contributed by atoms with van der Waals surface area (Å²) in [6.45, 7) is 3.68. The van der Waals surface area contributed by atoms with Crippen molar-refractivity contribution in [2.24, 2.45) is 0 Å². The van der Waals surface area contributed by atoms with Crippen LogP contribution in [0.25, 0.3) is 0 Å². The monoisotopic (exact) mass is 369 g/mol. The Morgan fingerprint density at radius 2 is 1.78 bits per heavy atom. The first-order valence-corrected chi connectivity index (χ1v) is 9.58. The summed E-state index contributed by atoms with van der Waals surface area (Å²) in [7, 11) is 0. The zero-order valence-electron chi connectivity index (χ0n) is 15.6. The molecule has 3 rings (SSSR count). The number of furan rings is 1. The van der Waals surface area contributed by atoms with Gasteiger partial charge in [0.1, 0.15) is 6.26 Å². The highest BCUT2D eigenvalue weighted by Crippen LogP contribution is 2.14. The normalized spacial score (nSPS) is 15.1. The van der Waals surface area contributed by atoms with Gasteiger partial charge < -0.3 is 15.1 Å². The van der Waals surface area contributed by atoms with Crippen molar-refractivity contribution in [2.75, 3.05) is 19.6 Å². The maximum Gasteiger partial charge on any atom is 0.254 e. The first-order chi connectivity index (χ1) is 13.2. The number of amides is 2. The van der Waals surface area contributed by atoms with Gasteiger partial charge >= 0.3 is 0 Å². The molecule has 27 heavy (non-hydrogen) atoms. The number of rotatable bonds is 7. The average molecular weight is 369 g/mol. The Labute approximate surface area is 159 Å². The summed E-state index contributed by atoms with van der Waals surface area (Å²) in [6, 6.07) is 9.89. The van der Waals surface area contributed by atoms with E-state index in [9.17, 15) is 9.59 Å². The lowest BCUT2D eigenvalue weighted by atomic mass is 10.1. The fourth-order valence-corrected chi connectivity index (χ4v) is 3.31. The van der Waals surface area contributed by atoms with Gasteiger partial charge in [-0.3, -0.25) is 14.5 Å². The summed E-state index contributed by atoms with van der Waals surface area (Å²) in [6.07, 6.45) is 8.00. The molecule has 2 aromatic rings. The van der Waals surface area contributed by atoms with Gasteiger partial charge in [0.05, 0.1) is 18.4 Å². The van der Waals surface area contributed by atoms with Gasteiger partial charge in [-0.2, -0.15) is 0 Å². The lowest BCUT2D eigenvalue weighted by molar-refractivity contribution is -0.120. The zero-order chi connectivity index (χ0) is 18.9. The van der Waals surface area contributed by atoms with Crippen LogP contribution in [0.1, 0.15) is 47.2 Å². The molecular weight excluding hydrogens is 342 g/mol. The van der Waals surface area contributed by atoms with Crippen molar-refractivity contribution < 1.29 is 14.0 Å². The van der Waals surface area contributed by atoms with E-state index in [0.29, 0.717) is 12.1 Å². The number of carbonyl (C=O) groups is 2. The van der Waals surface area contributed by atoms with Crippen LogP contribution < -0.4 is 10.6 Å². The Balaban J connectivity index is 1.43. The summed E-state index contributed by atoms with van der Waals surface area (Å²) in [4.78, 5) is 26.3. The first-order valence-electron chi connectivity index (χ1n) is 9.58. The molecule has 144 valence electrons. The number of nitrogens with one attached hydrogen (secondary N) is 2. The van der Waals surface area contributed by atoms with Gasteiger partial charge in [-0.15, -0.1) is 0 Å². The maximum atomic E-state index is 12.0. The van der Waals surface area contributed by atoms with E-state index in [1.165, 1.54) is 43.8 Å². The van der Waals surface area contributed by atoms with E-state index >= 15 is 0 Å². The van der Waals surface area contributed by atoms with E-state index in [4.69, 9.17) is 4.42 Å². The third-order valence-electron chi connectivity index (χ3n) is 4.78. The van der Waals surface area contributed by atoms with Crippen molar-refractivity contribution in [3.63, 3.8) is 0 Å². The van der Waals surface area contributed by atoms with Crippen LogP contribution in [0, 0.1) is 0 Å². The van der Waals surface area contributed by atoms with Gasteiger partial charge in [-0.05, 0) is 43.1 Å². The highest BCUT2D eigenvalue weighted by atomic mass is 16.3. The Hall–Kier alpha value is -2.60. The molecule has 0 saturated carbocycles. The van der Waals surface area contributed by atoms with E-state index in [-0.39, 0.29) is 18.4 Å². The molecule has 0 radical (unpaired) electrons. The summed E-state index contributed by atoms with van der Waals surface area (Å²) < 4.78 is 4.86. The van der Waals surface area contributed by atoms with Crippen LogP contribution in [0.2, 0.25) is 0 Å². The second kappa shape index (κ2) is 9.92. The molecule has 0 atom stereocenters. The largest absolute Gasteiger partial charge is 0.472 e. The summed E-state index contributed by atoms with van der Waals surface area (Å²) in [5.74, 6) is -0.539. The molecule has 2 amide bonds. The zero-order valence-corrected chi connectivity index (χ0v) is 15.6. The molecule has 1 aliphatic heterocycles. The molecule has 1 saturated heterocycles. The van der Waals surface area contributed by atoms with E-state index in [1.54, 1.807) is 6.07 Å². The summed E-state index contributed by atoms with van der Waals surface area (Å²) in [5, 5.41) is 5.42. The minimum atomic E-state index is -0.321. The molecule has 6 nitrogen and oxygen atoms in total. The molecule has 1 fully saturated rings. The highest BCUT2D eigenvalue weighted by Gasteiger charge is 2.11. The molecule has 0 bridgehead atoms. The van der Waals surface area contributed by atoms with Gasteiger partial charge in [-0.1, -0.05) is 37.1 Å². The number of nitrogens with zero attached hydrogens (tertiary/aromatic N) is 1. The second-order valence-electron chi connectivity index (χ2n) is 6.98. The second-order valence-corrected chi connectivity index (χ2v) is 6.98. The molecule has 6 heteroatoms. The first kappa shape index (κ1) is 19.2. The number of benzene rings is 1. The Morgan fingerprint density at radius 3 is 2.52 bits per heavy atom. The van der Waals surface area contributed by atoms with Gasteiger partial charge in [0.25, 0.3) is 5.91 Å². The Bertz CT molecular complexity index is 735. The van der Waals surface area contributed by atoms with Crippen LogP contribution >= 0.6 is 0 Å². The minimum absolute atomic E-state index is 0.0581. The molecule has 0 spiro atoms. The Kier molecular flexibility index (Phi) is 7.04. The smallest absolute Gasteiger partial charge is 0.254 e. The van der Waals surface area contributed by atoms with Crippen LogP contribution in [0.4, 0.5) is 0 Å². The minimum Gasteiger partial charge on any atom is -0.472 e. The van der Waals surface area contributed by atoms with Crippen LogP contribution in [-0.2, 0) is 17.9 Å². The predicted molar refractivity (Wildman–Crippen MR) is 103 cm³/mol. The van der Waals surface area contributed by atoms with Crippen LogP contribution in [0.5, 0.6) is 0 Å². The van der Waals surface area contributed by atoms with Crippen LogP contribution in [0.15, 0.2) is 47.3 Å². The maximum absolute atomic E-state index is 12.0. The lowest BCUT2D eigenvalue weighted by Gasteiger charge is -2.20. The standard InChI is InChI=1S/C21H27N3O3/c25-20(14-23-21(26)19-8-11-27-16-19)22-13-17-6-5-7-18(12-17)15-24-9-3-1-2-4-10-24/h5-8,11-12,16H,1-4,9-10,13-15H2,(H,22,25)(H,23,26). The van der Waals surface area contributed by atoms with E-state index in [2.05, 4.69) is 27.7 Å². The van der Waals surface area contributed by atoms with Gasteiger partial charge in [0, 0.05) is 13.1 Å². The van der Waals surface area contributed by atoms with Gasteiger partial charge in [0.15, 0.2) is 0 Å². The van der Waals surface area contributed by atoms with Crippen molar-refractivity contribution >= 4 is 11.8 Å². The van der Waals surface area contributed by atoms with Crippen LogP contribution in [-0.4, -0.2) is 36.3 Å². The van der Waals surface area contributed by atoms with Gasteiger partial charge in [0.2, 0.25) is 5.91 Å². The van der Waals surface area contributed by atoms with Gasteiger partial charge in [-0.25, -0.2) is 0 Å². The van der Waals surface area contributed by atoms with E-state index in [1.807, 2.05) is 12.1 Å². The molecule has 1 aromatic heterocycles. The van der Waals surface area contributed by atoms with Crippen molar-refractivity contribution in [2.45, 2.75) is 38.8 Å². The fourth-order valence-electron chi connectivity index (χ4n) is 3.31. The number of hydrogen-bond donors (Lipinski definition) is 2. The highest BCUT2D eigenvalue weighted by molar-refractivity contribution is 5.96. The molecular formula is C21H27N3O3. The number of carbonyl (C=O) groups excluding carboxylic acids is 2. The van der Waals surface area contributed by atoms with Crippen molar-refractivity contribution in [1.29, 1.82) is 0 Å². The van der Waals surface area contributed by atoms with Crippen molar-refractivity contribution in [1.82, 2.24) is 15.5 Å². The molecule has 1 aliphatic rings.